The first-order valence-electron chi connectivity index (χ1n) is 9.44. The van der Waals surface area contributed by atoms with Crippen molar-refractivity contribution in [1.82, 2.24) is 5.32 Å². The Bertz CT molecular complexity index is 980. The second-order valence-electron chi connectivity index (χ2n) is 6.76. The number of benzene rings is 3. The van der Waals surface area contributed by atoms with Crippen molar-refractivity contribution in [2.24, 2.45) is 0 Å². The van der Waals surface area contributed by atoms with Crippen LogP contribution in [-0.4, -0.2) is 18.4 Å². The molecule has 0 aliphatic carbocycles. The van der Waals surface area contributed by atoms with Crippen LogP contribution in [-0.2, 0) is 11.4 Å². The summed E-state index contributed by atoms with van der Waals surface area (Å²) in [5.41, 5.74) is 3.98. The van der Waals surface area contributed by atoms with E-state index in [0.717, 1.165) is 28.1 Å². The van der Waals surface area contributed by atoms with E-state index >= 15 is 0 Å². The van der Waals surface area contributed by atoms with Gasteiger partial charge in [0.2, 0.25) is 5.91 Å². The molecule has 2 amide bonds. The fraction of sp³-hybridized carbons (Fsp3) is 0.167. The van der Waals surface area contributed by atoms with Crippen molar-refractivity contribution < 1.29 is 14.3 Å². The molecule has 0 aliphatic heterocycles. The summed E-state index contributed by atoms with van der Waals surface area (Å²) >= 11 is 0. The lowest BCUT2D eigenvalue weighted by atomic mass is 10.1. The van der Waals surface area contributed by atoms with E-state index < -0.39 is 0 Å². The molecule has 3 aromatic carbocycles. The Hall–Kier alpha value is -3.60. The Morgan fingerprint density at radius 2 is 1.48 bits per heavy atom. The van der Waals surface area contributed by atoms with Gasteiger partial charge in [0.05, 0.1) is 6.54 Å². The Labute approximate surface area is 170 Å². The zero-order valence-electron chi connectivity index (χ0n) is 16.6. The number of aryl methyl sites for hydroxylation is 2. The van der Waals surface area contributed by atoms with E-state index in [1.165, 1.54) is 0 Å². The second kappa shape index (κ2) is 9.55. The second-order valence-corrected chi connectivity index (χ2v) is 6.76. The zero-order chi connectivity index (χ0) is 20.6. The van der Waals surface area contributed by atoms with Gasteiger partial charge < -0.3 is 15.4 Å². The third-order valence-corrected chi connectivity index (χ3v) is 4.55. The van der Waals surface area contributed by atoms with Crippen LogP contribution in [0.25, 0.3) is 0 Å². The van der Waals surface area contributed by atoms with Gasteiger partial charge in [-0.25, -0.2) is 0 Å². The van der Waals surface area contributed by atoms with Crippen LogP contribution in [0.5, 0.6) is 5.75 Å². The highest BCUT2D eigenvalue weighted by Gasteiger charge is 2.13. The molecule has 3 aromatic rings. The predicted octanol–water partition coefficient (Wildman–Crippen LogP) is 4.25. The van der Waals surface area contributed by atoms with Gasteiger partial charge >= 0.3 is 0 Å². The maximum Gasteiger partial charge on any atom is 0.252 e. The molecular formula is C24H24N2O3. The Morgan fingerprint density at radius 3 is 2.21 bits per heavy atom. The van der Waals surface area contributed by atoms with Gasteiger partial charge in [0, 0.05) is 16.8 Å². The van der Waals surface area contributed by atoms with Gasteiger partial charge in [0.1, 0.15) is 12.4 Å². The summed E-state index contributed by atoms with van der Waals surface area (Å²) in [5, 5.41) is 5.56. The molecule has 2 N–H and O–H groups in total. The molecule has 0 aromatic heterocycles. The van der Waals surface area contributed by atoms with E-state index in [9.17, 15) is 9.59 Å². The molecule has 5 heteroatoms. The van der Waals surface area contributed by atoms with Crippen LogP contribution in [0, 0.1) is 13.8 Å². The molecule has 148 valence electrons. The molecule has 0 atom stereocenters. The lowest BCUT2D eigenvalue weighted by molar-refractivity contribution is -0.115. The SMILES string of the molecule is Cc1cccc(C)c1NC(=O)CNC(=O)c1ccccc1COc1ccccc1. The Balaban J connectivity index is 1.60. The number of hydrogen-bond acceptors (Lipinski definition) is 3. The summed E-state index contributed by atoms with van der Waals surface area (Å²) in [6.07, 6.45) is 0. The number of amides is 2. The van der Waals surface area contributed by atoms with Gasteiger partial charge in [0.25, 0.3) is 5.91 Å². The molecule has 0 aliphatic rings. The van der Waals surface area contributed by atoms with E-state index in [0.29, 0.717) is 5.56 Å². The van der Waals surface area contributed by atoms with Gasteiger partial charge in [-0.3, -0.25) is 9.59 Å². The fourth-order valence-electron chi connectivity index (χ4n) is 3.00. The lowest BCUT2D eigenvalue weighted by Gasteiger charge is -2.13. The van der Waals surface area contributed by atoms with Crippen molar-refractivity contribution >= 4 is 17.5 Å². The van der Waals surface area contributed by atoms with Crippen molar-refractivity contribution in [3.63, 3.8) is 0 Å². The standard InChI is InChI=1S/C24H24N2O3/c1-17-9-8-10-18(2)23(17)26-22(27)15-25-24(28)21-14-7-6-11-19(21)16-29-20-12-4-3-5-13-20/h3-14H,15-16H2,1-2H3,(H,25,28)(H,26,27). The highest BCUT2D eigenvalue weighted by Crippen LogP contribution is 2.19. The number of para-hydroxylation sites is 2. The van der Waals surface area contributed by atoms with Gasteiger partial charge in [-0.15, -0.1) is 0 Å². The Morgan fingerprint density at radius 1 is 0.828 bits per heavy atom. The van der Waals surface area contributed by atoms with Crippen LogP contribution in [0.15, 0.2) is 72.8 Å². The van der Waals surface area contributed by atoms with E-state index in [1.807, 2.05) is 74.5 Å². The number of rotatable bonds is 7. The van der Waals surface area contributed by atoms with Crippen LogP contribution in [0.3, 0.4) is 0 Å². The predicted molar refractivity (Wildman–Crippen MR) is 114 cm³/mol. The molecule has 0 spiro atoms. The first kappa shape index (κ1) is 20.1. The summed E-state index contributed by atoms with van der Waals surface area (Å²) < 4.78 is 5.75. The smallest absolute Gasteiger partial charge is 0.252 e. The van der Waals surface area contributed by atoms with Crippen molar-refractivity contribution in [2.45, 2.75) is 20.5 Å². The maximum atomic E-state index is 12.6. The highest BCUT2D eigenvalue weighted by molar-refractivity contribution is 6.00. The minimum Gasteiger partial charge on any atom is -0.489 e. The average Bonchev–Trinajstić information content (AvgIpc) is 2.74. The molecule has 29 heavy (non-hydrogen) atoms. The Kier molecular flexibility index (Phi) is 6.63. The molecule has 0 saturated heterocycles. The first-order valence-corrected chi connectivity index (χ1v) is 9.44. The fourth-order valence-corrected chi connectivity index (χ4v) is 3.00. The summed E-state index contributed by atoms with van der Waals surface area (Å²) in [4.78, 5) is 24.9. The number of carbonyl (C=O) groups is 2. The molecular weight excluding hydrogens is 364 g/mol. The monoisotopic (exact) mass is 388 g/mol. The van der Waals surface area contributed by atoms with Gasteiger partial charge in [-0.1, -0.05) is 54.6 Å². The van der Waals surface area contributed by atoms with Crippen molar-refractivity contribution in [3.05, 3.63) is 95.1 Å². The van der Waals surface area contributed by atoms with Crippen LogP contribution < -0.4 is 15.4 Å². The van der Waals surface area contributed by atoms with Crippen molar-refractivity contribution in [3.8, 4) is 5.75 Å². The summed E-state index contributed by atoms with van der Waals surface area (Å²) in [5.74, 6) is 0.151. The molecule has 0 radical (unpaired) electrons. The van der Waals surface area contributed by atoms with Crippen LogP contribution in [0.4, 0.5) is 5.69 Å². The van der Waals surface area contributed by atoms with Crippen LogP contribution in [0.2, 0.25) is 0 Å². The molecule has 0 heterocycles. The topological polar surface area (TPSA) is 67.4 Å². The summed E-state index contributed by atoms with van der Waals surface area (Å²) in [7, 11) is 0. The van der Waals surface area contributed by atoms with Gasteiger partial charge in [-0.2, -0.15) is 0 Å². The number of carbonyl (C=O) groups excluding carboxylic acids is 2. The van der Waals surface area contributed by atoms with Gasteiger partial charge in [0.15, 0.2) is 0 Å². The zero-order valence-corrected chi connectivity index (χ0v) is 16.6. The van der Waals surface area contributed by atoms with Gasteiger partial charge in [-0.05, 0) is 43.2 Å². The molecule has 0 unspecified atom stereocenters. The van der Waals surface area contributed by atoms with E-state index in [-0.39, 0.29) is 25.0 Å². The third-order valence-electron chi connectivity index (χ3n) is 4.55. The number of anilines is 1. The molecule has 3 rings (SSSR count). The largest absolute Gasteiger partial charge is 0.489 e. The maximum absolute atomic E-state index is 12.6. The number of hydrogen-bond donors (Lipinski definition) is 2. The van der Waals surface area contributed by atoms with E-state index in [1.54, 1.807) is 12.1 Å². The van der Waals surface area contributed by atoms with Crippen LogP contribution >= 0.6 is 0 Å². The number of ether oxygens (including phenoxy) is 1. The average molecular weight is 388 g/mol. The number of nitrogens with one attached hydrogen (secondary N) is 2. The quantitative estimate of drug-likeness (QED) is 0.636. The molecule has 0 saturated carbocycles. The minimum atomic E-state index is -0.311. The van der Waals surface area contributed by atoms with Crippen molar-refractivity contribution in [1.29, 1.82) is 0 Å². The minimum absolute atomic E-state index is 0.111. The van der Waals surface area contributed by atoms with E-state index in [4.69, 9.17) is 4.74 Å². The molecule has 5 nitrogen and oxygen atoms in total. The molecule has 0 bridgehead atoms. The van der Waals surface area contributed by atoms with Crippen LogP contribution in [0.1, 0.15) is 27.0 Å². The van der Waals surface area contributed by atoms with E-state index in [2.05, 4.69) is 10.6 Å². The summed E-state index contributed by atoms with van der Waals surface area (Å²) in [6, 6.07) is 22.4. The first-order chi connectivity index (χ1) is 14.0. The normalized spacial score (nSPS) is 10.3. The molecule has 0 fully saturated rings. The third kappa shape index (κ3) is 5.45. The van der Waals surface area contributed by atoms with Crippen molar-refractivity contribution in [2.75, 3.05) is 11.9 Å². The summed E-state index contributed by atoms with van der Waals surface area (Å²) in [6.45, 7) is 4.02. The lowest BCUT2D eigenvalue weighted by Crippen LogP contribution is -2.33. The highest BCUT2D eigenvalue weighted by atomic mass is 16.5.